The van der Waals surface area contributed by atoms with Gasteiger partial charge in [-0.25, -0.2) is 0 Å². The van der Waals surface area contributed by atoms with E-state index in [2.05, 4.69) is 15.9 Å². The molecule has 7 heteroatoms. The summed E-state index contributed by atoms with van der Waals surface area (Å²) in [5.41, 5.74) is -0.354. The molecule has 1 heterocycles. The third kappa shape index (κ3) is 3.31. The highest BCUT2D eigenvalue weighted by atomic mass is 79.9. The van der Waals surface area contributed by atoms with E-state index in [1.165, 1.54) is 23.5 Å². The topological polar surface area (TPSA) is 20.2 Å². The number of thiophene rings is 1. The summed E-state index contributed by atoms with van der Waals surface area (Å²) in [5, 5.41) is 10.5. The van der Waals surface area contributed by atoms with Gasteiger partial charge in [0.2, 0.25) is 0 Å². The summed E-state index contributed by atoms with van der Waals surface area (Å²) < 4.78 is 37.9. The Balaban J connectivity index is 2.27. The molecule has 0 amide bonds. The molecule has 0 spiro atoms. The van der Waals surface area contributed by atoms with Crippen molar-refractivity contribution in [1.82, 2.24) is 0 Å². The van der Waals surface area contributed by atoms with Crippen molar-refractivity contribution in [2.75, 3.05) is 0 Å². The van der Waals surface area contributed by atoms with Gasteiger partial charge in [-0.15, -0.1) is 11.3 Å². The predicted molar refractivity (Wildman–Crippen MR) is 72.5 cm³/mol. The third-order valence-corrected chi connectivity index (χ3v) is 5.01. The first-order chi connectivity index (χ1) is 8.79. The normalized spacial score (nSPS) is 13.6. The van der Waals surface area contributed by atoms with Gasteiger partial charge in [-0.1, -0.05) is 23.7 Å². The molecule has 102 valence electrons. The van der Waals surface area contributed by atoms with Crippen molar-refractivity contribution < 1.29 is 18.3 Å². The molecule has 19 heavy (non-hydrogen) atoms. The largest absolute Gasteiger partial charge is 0.416 e. The van der Waals surface area contributed by atoms with Crippen LogP contribution in [0.3, 0.4) is 0 Å². The first kappa shape index (κ1) is 14.8. The van der Waals surface area contributed by atoms with Crippen LogP contribution in [-0.4, -0.2) is 5.11 Å². The average Bonchev–Trinajstić information content (AvgIpc) is 2.68. The van der Waals surface area contributed by atoms with Crippen LogP contribution >= 0.6 is 38.9 Å². The molecule has 0 aliphatic heterocycles. The van der Waals surface area contributed by atoms with Crippen LogP contribution in [-0.2, 0) is 6.18 Å². The minimum absolute atomic E-state index is 0.387. The maximum atomic E-state index is 12.4. The zero-order valence-corrected chi connectivity index (χ0v) is 12.4. The minimum Gasteiger partial charge on any atom is -0.383 e. The lowest BCUT2D eigenvalue weighted by Gasteiger charge is -2.11. The Morgan fingerprint density at radius 3 is 2.21 bits per heavy atom. The molecular formula is C12H7BrClF3OS. The van der Waals surface area contributed by atoms with Gasteiger partial charge < -0.3 is 5.11 Å². The molecule has 0 saturated heterocycles. The first-order valence-electron chi connectivity index (χ1n) is 5.09. The fourth-order valence-electron chi connectivity index (χ4n) is 1.52. The van der Waals surface area contributed by atoms with E-state index in [-0.39, 0.29) is 0 Å². The lowest BCUT2D eigenvalue weighted by Crippen LogP contribution is -2.05. The highest BCUT2D eigenvalue weighted by Gasteiger charge is 2.30. The van der Waals surface area contributed by atoms with Crippen molar-refractivity contribution >= 4 is 38.9 Å². The molecule has 1 unspecified atom stereocenters. The lowest BCUT2D eigenvalue weighted by molar-refractivity contribution is -0.137. The van der Waals surface area contributed by atoms with E-state index in [0.29, 0.717) is 19.2 Å². The molecule has 1 aromatic heterocycles. The number of alkyl halides is 3. The van der Waals surface area contributed by atoms with Crippen molar-refractivity contribution in [3.8, 4) is 0 Å². The third-order valence-electron chi connectivity index (χ3n) is 2.49. The second-order valence-corrected chi connectivity index (χ2v) is 6.60. The fraction of sp³-hybridized carbons (Fsp3) is 0.167. The molecule has 0 fully saturated rings. The summed E-state index contributed by atoms with van der Waals surface area (Å²) in [6.45, 7) is 0. The molecule has 1 N–H and O–H groups in total. The molecule has 1 atom stereocenters. The maximum absolute atomic E-state index is 12.4. The van der Waals surface area contributed by atoms with Gasteiger partial charge in [0.25, 0.3) is 0 Å². The molecule has 0 aliphatic carbocycles. The van der Waals surface area contributed by atoms with Crippen molar-refractivity contribution in [1.29, 1.82) is 0 Å². The van der Waals surface area contributed by atoms with Crippen LogP contribution in [0.2, 0.25) is 5.02 Å². The van der Waals surface area contributed by atoms with Crippen LogP contribution in [0.25, 0.3) is 0 Å². The smallest absolute Gasteiger partial charge is 0.383 e. The zero-order chi connectivity index (χ0) is 14.2. The van der Waals surface area contributed by atoms with Gasteiger partial charge in [0.1, 0.15) is 6.10 Å². The van der Waals surface area contributed by atoms with Crippen LogP contribution in [0.15, 0.2) is 34.1 Å². The SMILES string of the molecule is OC(c1ccc(C(F)(F)F)cc1)c1cc(Cl)c(Br)s1. The highest BCUT2D eigenvalue weighted by molar-refractivity contribution is 9.11. The number of hydrogen-bond acceptors (Lipinski definition) is 2. The van der Waals surface area contributed by atoms with Crippen LogP contribution in [0.5, 0.6) is 0 Å². The van der Waals surface area contributed by atoms with Crippen molar-refractivity contribution in [2.24, 2.45) is 0 Å². The second kappa shape index (κ2) is 5.44. The van der Waals surface area contributed by atoms with E-state index in [1.54, 1.807) is 6.07 Å². The molecule has 0 radical (unpaired) electrons. The van der Waals surface area contributed by atoms with E-state index in [0.717, 1.165) is 12.1 Å². The van der Waals surface area contributed by atoms with Crippen molar-refractivity contribution in [3.63, 3.8) is 0 Å². The van der Waals surface area contributed by atoms with Gasteiger partial charge in [0.05, 0.1) is 14.4 Å². The number of benzene rings is 1. The van der Waals surface area contributed by atoms with Gasteiger partial charge in [-0.3, -0.25) is 0 Å². The van der Waals surface area contributed by atoms with E-state index >= 15 is 0 Å². The van der Waals surface area contributed by atoms with Gasteiger partial charge in [-0.2, -0.15) is 13.2 Å². The molecule has 0 aliphatic rings. The molecule has 2 aromatic rings. The van der Waals surface area contributed by atoms with Gasteiger partial charge in [-0.05, 0) is 39.7 Å². The van der Waals surface area contributed by atoms with Crippen molar-refractivity contribution in [3.05, 3.63) is 55.1 Å². The Kier molecular flexibility index (Phi) is 4.25. The van der Waals surface area contributed by atoms with Crippen LogP contribution in [0.1, 0.15) is 22.1 Å². The Morgan fingerprint density at radius 1 is 1.21 bits per heavy atom. The lowest BCUT2D eigenvalue weighted by atomic mass is 10.1. The summed E-state index contributed by atoms with van der Waals surface area (Å²) in [4.78, 5) is 0.566. The molecule has 0 bridgehead atoms. The number of rotatable bonds is 2. The minimum atomic E-state index is -4.38. The predicted octanol–water partition coefficient (Wildman–Crippen LogP) is 5.26. The van der Waals surface area contributed by atoms with E-state index in [9.17, 15) is 18.3 Å². The first-order valence-corrected chi connectivity index (χ1v) is 7.07. The Bertz CT molecular complexity index is 560. The Labute approximate surface area is 124 Å². The van der Waals surface area contributed by atoms with Gasteiger partial charge >= 0.3 is 6.18 Å². The maximum Gasteiger partial charge on any atom is 0.416 e. The molecule has 2 rings (SSSR count). The number of aliphatic hydroxyl groups is 1. The van der Waals surface area contributed by atoms with Gasteiger partial charge in [0, 0.05) is 4.88 Å². The van der Waals surface area contributed by atoms with E-state index in [1.807, 2.05) is 0 Å². The number of hydrogen-bond donors (Lipinski definition) is 1. The fourth-order valence-corrected chi connectivity index (χ4v) is 3.28. The average molecular weight is 372 g/mol. The zero-order valence-electron chi connectivity index (χ0n) is 9.21. The van der Waals surface area contributed by atoms with Crippen LogP contribution < -0.4 is 0 Å². The van der Waals surface area contributed by atoms with Crippen LogP contribution in [0.4, 0.5) is 13.2 Å². The molecular weight excluding hydrogens is 365 g/mol. The summed E-state index contributed by atoms with van der Waals surface area (Å²) in [7, 11) is 0. The Hall–Kier alpha value is -0.560. The highest BCUT2D eigenvalue weighted by Crippen LogP contribution is 2.38. The quantitative estimate of drug-likeness (QED) is 0.763. The van der Waals surface area contributed by atoms with E-state index in [4.69, 9.17) is 11.6 Å². The standard InChI is InChI=1S/C12H7BrClF3OS/c13-11-8(14)5-9(19-11)10(18)6-1-3-7(4-2-6)12(15,16)17/h1-5,10,18H. The summed E-state index contributed by atoms with van der Waals surface area (Å²) in [6, 6.07) is 5.99. The summed E-state index contributed by atoms with van der Waals surface area (Å²) >= 11 is 10.3. The molecule has 1 aromatic carbocycles. The summed E-state index contributed by atoms with van der Waals surface area (Å²) in [5.74, 6) is 0. The number of halogens is 5. The van der Waals surface area contributed by atoms with E-state index < -0.39 is 17.8 Å². The van der Waals surface area contributed by atoms with Gasteiger partial charge in [0.15, 0.2) is 0 Å². The second-order valence-electron chi connectivity index (χ2n) is 3.79. The van der Waals surface area contributed by atoms with Crippen molar-refractivity contribution in [2.45, 2.75) is 12.3 Å². The monoisotopic (exact) mass is 370 g/mol. The molecule has 0 saturated carbocycles. The summed E-state index contributed by atoms with van der Waals surface area (Å²) in [6.07, 6.45) is -5.37. The number of aliphatic hydroxyl groups excluding tert-OH is 1. The molecule has 1 nitrogen and oxygen atoms in total. The Morgan fingerprint density at radius 2 is 1.79 bits per heavy atom. The van der Waals surface area contributed by atoms with Crippen LogP contribution in [0, 0.1) is 0 Å².